The van der Waals surface area contributed by atoms with E-state index in [1.807, 2.05) is 0 Å². The second-order valence-electron chi connectivity index (χ2n) is 2.36. The Balaban J connectivity index is 2.31. The average Bonchev–Trinajstić information content (AvgIpc) is 1.90. The summed E-state index contributed by atoms with van der Waals surface area (Å²) in [4.78, 5) is 10.2. The number of piperidine rings is 1. The second-order valence-corrected chi connectivity index (χ2v) is 2.36. The zero-order valence-electron chi connectivity index (χ0n) is 5.22. The number of hydrogen-bond acceptors (Lipinski definition) is 2. The minimum absolute atomic E-state index is 0.251. The van der Waals surface area contributed by atoms with Crippen molar-refractivity contribution in [3.63, 3.8) is 0 Å². The quantitative estimate of drug-likeness (QED) is 0.538. The molecule has 0 bridgehead atoms. The molecule has 0 saturated carbocycles. The summed E-state index contributed by atoms with van der Waals surface area (Å²) >= 11 is 0. The van der Waals surface area contributed by atoms with Crippen LogP contribution in [0, 0.1) is 5.92 Å². The largest absolute Gasteiger partial charge is 0.359 e. The summed E-state index contributed by atoms with van der Waals surface area (Å²) in [5.74, 6) is -1.17. The fourth-order valence-corrected chi connectivity index (χ4v) is 1.05. The van der Waals surface area contributed by atoms with Crippen molar-refractivity contribution < 1.29 is 9.90 Å². The zero-order chi connectivity index (χ0) is 6.69. The van der Waals surface area contributed by atoms with Crippen LogP contribution in [-0.2, 0) is 9.90 Å². The third-order valence-corrected chi connectivity index (χ3v) is 1.63. The fourth-order valence-electron chi connectivity index (χ4n) is 1.05. The SMILES string of the molecule is [O]C(=O)C1CCCNC1. The topological polar surface area (TPSA) is 49.0 Å². The first kappa shape index (κ1) is 6.55. The van der Waals surface area contributed by atoms with Gasteiger partial charge in [0.25, 0.3) is 0 Å². The lowest BCUT2D eigenvalue weighted by Crippen LogP contribution is -2.33. The summed E-state index contributed by atoms with van der Waals surface area (Å²) in [5.41, 5.74) is 0. The van der Waals surface area contributed by atoms with Gasteiger partial charge in [-0.3, -0.25) is 0 Å². The Morgan fingerprint density at radius 3 is 2.67 bits per heavy atom. The standard InChI is InChI=1S/C6H10NO2/c8-6(9)5-2-1-3-7-4-5/h5,7H,1-4H2. The van der Waals surface area contributed by atoms with Gasteiger partial charge in [0.2, 0.25) is 0 Å². The molecule has 9 heavy (non-hydrogen) atoms. The predicted molar refractivity (Wildman–Crippen MR) is 31.3 cm³/mol. The molecule has 1 aliphatic heterocycles. The third-order valence-electron chi connectivity index (χ3n) is 1.63. The van der Waals surface area contributed by atoms with Gasteiger partial charge in [-0.05, 0) is 19.4 Å². The van der Waals surface area contributed by atoms with E-state index in [1.54, 1.807) is 0 Å². The number of rotatable bonds is 1. The molecule has 0 spiro atoms. The minimum atomic E-state index is -0.915. The lowest BCUT2D eigenvalue weighted by atomic mass is 10.0. The van der Waals surface area contributed by atoms with E-state index >= 15 is 0 Å². The Morgan fingerprint density at radius 2 is 2.33 bits per heavy atom. The van der Waals surface area contributed by atoms with Gasteiger partial charge < -0.3 is 5.32 Å². The zero-order valence-corrected chi connectivity index (χ0v) is 5.22. The van der Waals surface area contributed by atoms with Gasteiger partial charge in [-0.2, -0.15) is 0 Å². The van der Waals surface area contributed by atoms with Crippen LogP contribution in [0.25, 0.3) is 0 Å². The van der Waals surface area contributed by atoms with Crippen LogP contribution in [-0.4, -0.2) is 19.1 Å². The van der Waals surface area contributed by atoms with Crippen LogP contribution in [0.1, 0.15) is 12.8 Å². The van der Waals surface area contributed by atoms with E-state index in [0.717, 1.165) is 19.4 Å². The van der Waals surface area contributed by atoms with Crippen molar-refractivity contribution in [2.45, 2.75) is 12.8 Å². The molecule has 1 saturated heterocycles. The molecule has 0 aromatic rings. The van der Waals surface area contributed by atoms with Gasteiger partial charge in [0.05, 0.1) is 5.92 Å². The van der Waals surface area contributed by atoms with Crippen LogP contribution >= 0.6 is 0 Å². The fraction of sp³-hybridized carbons (Fsp3) is 0.833. The lowest BCUT2D eigenvalue weighted by molar-refractivity contribution is -0.148. The summed E-state index contributed by atoms with van der Waals surface area (Å²) < 4.78 is 0. The number of nitrogens with one attached hydrogen (secondary N) is 1. The van der Waals surface area contributed by atoms with Gasteiger partial charge in [-0.15, -0.1) is 0 Å². The van der Waals surface area contributed by atoms with Crippen LogP contribution in [0.2, 0.25) is 0 Å². The molecule has 1 atom stereocenters. The summed E-state index contributed by atoms with van der Waals surface area (Å²) in [6.07, 6.45) is 1.73. The Hall–Kier alpha value is -0.570. The summed E-state index contributed by atoms with van der Waals surface area (Å²) in [6.45, 7) is 1.53. The van der Waals surface area contributed by atoms with Crippen molar-refractivity contribution >= 4 is 5.97 Å². The van der Waals surface area contributed by atoms with Gasteiger partial charge in [0, 0.05) is 6.54 Å². The predicted octanol–water partition coefficient (Wildman–Crippen LogP) is -0.0569. The Morgan fingerprint density at radius 1 is 1.56 bits per heavy atom. The molecule has 1 fully saturated rings. The molecule has 1 heterocycles. The van der Waals surface area contributed by atoms with Crippen molar-refractivity contribution in [2.75, 3.05) is 13.1 Å². The maximum Gasteiger partial charge on any atom is 0.359 e. The third kappa shape index (κ3) is 1.68. The molecule has 3 nitrogen and oxygen atoms in total. The molecule has 51 valence electrons. The van der Waals surface area contributed by atoms with Crippen LogP contribution in [0.3, 0.4) is 0 Å². The molecule has 0 amide bonds. The van der Waals surface area contributed by atoms with Gasteiger partial charge >= 0.3 is 5.97 Å². The van der Waals surface area contributed by atoms with Crippen LogP contribution < -0.4 is 5.32 Å². The molecule has 1 rings (SSSR count). The van der Waals surface area contributed by atoms with Crippen molar-refractivity contribution in [1.82, 2.24) is 5.32 Å². The first-order valence-electron chi connectivity index (χ1n) is 3.22. The molecule has 0 aromatic carbocycles. The Bertz CT molecular complexity index is 108. The van der Waals surface area contributed by atoms with Crippen LogP contribution in [0.5, 0.6) is 0 Å². The molecule has 1 radical (unpaired) electrons. The maximum atomic E-state index is 10.2. The first-order valence-corrected chi connectivity index (χ1v) is 3.22. The molecule has 1 N–H and O–H groups in total. The van der Waals surface area contributed by atoms with E-state index in [9.17, 15) is 9.90 Å². The summed E-state index contributed by atoms with van der Waals surface area (Å²) in [7, 11) is 0. The van der Waals surface area contributed by atoms with E-state index in [4.69, 9.17) is 0 Å². The van der Waals surface area contributed by atoms with Gasteiger partial charge in [0.15, 0.2) is 0 Å². The number of carbonyl (C=O) groups is 1. The van der Waals surface area contributed by atoms with Crippen molar-refractivity contribution in [3.8, 4) is 0 Å². The maximum absolute atomic E-state index is 10.2. The van der Waals surface area contributed by atoms with E-state index in [1.165, 1.54) is 0 Å². The monoisotopic (exact) mass is 128 g/mol. The van der Waals surface area contributed by atoms with Crippen molar-refractivity contribution in [1.29, 1.82) is 0 Å². The van der Waals surface area contributed by atoms with E-state index in [-0.39, 0.29) is 5.92 Å². The highest BCUT2D eigenvalue weighted by atomic mass is 16.4. The van der Waals surface area contributed by atoms with Crippen molar-refractivity contribution in [2.24, 2.45) is 5.92 Å². The Labute approximate surface area is 54.1 Å². The number of carbonyl (C=O) groups excluding carboxylic acids is 1. The highest BCUT2D eigenvalue weighted by molar-refractivity contribution is 5.69. The summed E-state index contributed by atoms with van der Waals surface area (Å²) in [5, 5.41) is 13.2. The van der Waals surface area contributed by atoms with E-state index in [2.05, 4.69) is 5.32 Å². The van der Waals surface area contributed by atoms with Crippen LogP contribution in [0.4, 0.5) is 0 Å². The van der Waals surface area contributed by atoms with Gasteiger partial charge in [-0.25, -0.2) is 9.90 Å². The second kappa shape index (κ2) is 2.82. The number of hydrogen-bond donors (Lipinski definition) is 1. The lowest BCUT2D eigenvalue weighted by Gasteiger charge is -2.16. The molecule has 1 aliphatic rings. The molecular formula is C6H10NO2. The molecule has 0 aromatic heterocycles. The smallest absolute Gasteiger partial charge is 0.316 e. The van der Waals surface area contributed by atoms with Crippen LogP contribution in [0.15, 0.2) is 0 Å². The summed E-state index contributed by atoms with van der Waals surface area (Å²) in [6, 6.07) is 0. The highest BCUT2D eigenvalue weighted by Gasteiger charge is 2.20. The molecule has 0 aliphatic carbocycles. The molecular weight excluding hydrogens is 118 g/mol. The van der Waals surface area contributed by atoms with Gasteiger partial charge in [0.1, 0.15) is 0 Å². The average molecular weight is 128 g/mol. The van der Waals surface area contributed by atoms with E-state index < -0.39 is 5.97 Å². The molecule has 1 unspecified atom stereocenters. The van der Waals surface area contributed by atoms with Gasteiger partial charge in [-0.1, -0.05) is 0 Å². The van der Waals surface area contributed by atoms with E-state index in [0.29, 0.717) is 6.54 Å². The Kier molecular flexibility index (Phi) is 2.05. The molecule has 3 heteroatoms. The van der Waals surface area contributed by atoms with Crippen molar-refractivity contribution in [3.05, 3.63) is 0 Å². The first-order chi connectivity index (χ1) is 4.30. The minimum Gasteiger partial charge on any atom is -0.316 e. The highest BCUT2D eigenvalue weighted by Crippen LogP contribution is 2.08. The normalized spacial score (nSPS) is 27.8.